The monoisotopic (exact) mass is 128 g/mol. The van der Waals surface area contributed by atoms with Gasteiger partial charge in [0.05, 0.1) is 0 Å². The fourth-order valence-corrected chi connectivity index (χ4v) is 1.32. The molecule has 2 heteroatoms. The van der Waals surface area contributed by atoms with E-state index in [1.54, 1.807) is 0 Å². The number of rotatable bonds is 1. The van der Waals surface area contributed by atoms with Gasteiger partial charge in [0.1, 0.15) is 0 Å². The standard InChI is InChI=1S/C7H16N2/c1-6(2)7(8)4-9(3)5-7/h6H,4-5,8H2,1-3H3. The maximum Gasteiger partial charge on any atom is 0.0435 e. The number of hydrogen-bond acceptors (Lipinski definition) is 2. The van der Waals surface area contributed by atoms with Crippen molar-refractivity contribution >= 4 is 0 Å². The molecule has 54 valence electrons. The van der Waals surface area contributed by atoms with Gasteiger partial charge in [0.2, 0.25) is 0 Å². The van der Waals surface area contributed by atoms with E-state index >= 15 is 0 Å². The smallest absolute Gasteiger partial charge is 0.0435 e. The number of likely N-dealkylation sites (tertiary alicyclic amines) is 1. The van der Waals surface area contributed by atoms with Crippen LogP contribution in [-0.2, 0) is 0 Å². The topological polar surface area (TPSA) is 29.3 Å². The Morgan fingerprint density at radius 3 is 2.00 bits per heavy atom. The molecule has 1 fully saturated rings. The first-order chi connectivity index (χ1) is 4.04. The molecule has 1 heterocycles. The molecule has 0 radical (unpaired) electrons. The van der Waals surface area contributed by atoms with Crippen LogP contribution in [0.5, 0.6) is 0 Å². The highest BCUT2D eigenvalue weighted by molar-refractivity contribution is 5.00. The summed E-state index contributed by atoms with van der Waals surface area (Å²) in [5, 5.41) is 0. The highest BCUT2D eigenvalue weighted by Crippen LogP contribution is 2.23. The number of nitrogens with two attached hydrogens (primary N) is 1. The van der Waals surface area contributed by atoms with Gasteiger partial charge in [-0.2, -0.15) is 0 Å². The van der Waals surface area contributed by atoms with Crippen LogP contribution in [0.2, 0.25) is 0 Å². The molecule has 1 aliphatic heterocycles. The third kappa shape index (κ3) is 1.10. The normalized spacial score (nSPS) is 26.3. The second-order valence-corrected chi connectivity index (χ2v) is 3.56. The number of nitrogens with zero attached hydrogens (tertiary/aromatic N) is 1. The molecule has 2 nitrogen and oxygen atoms in total. The summed E-state index contributed by atoms with van der Waals surface area (Å²) < 4.78 is 0. The first-order valence-corrected chi connectivity index (χ1v) is 3.52. The minimum atomic E-state index is 0.120. The Bertz CT molecular complexity index is 103. The lowest BCUT2D eigenvalue weighted by Gasteiger charge is -2.48. The third-order valence-corrected chi connectivity index (χ3v) is 2.28. The Labute approximate surface area is 57.0 Å². The molecule has 1 rings (SSSR count). The fourth-order valence-electron chi connectivity index (χ4n) is 1.32. The van der Waals surface area contributed by atoms with Crippen LogP contribution in [0, 0.1) is 5.92 Å². The first kappa shape index (κ1) is 7.03. The van der Waals surface area contributed by atoms with E-state index in [0.29, 0.717) is 5.92 Å². The molecular weight excluding hydrogens is 112 g/mol. The predicted molar refractivity (Wildman–Crippen MR) is 39.3 cm³/mol. The van der Waals surface area contributed by atoms with Gasteiger partial charge in [0.25, 0.3) is 0 Å². The van der Waals surface area contributed by atoms with Gasteiger partial charge in [-0.15, -0.1) is 0 Å². The fraction of sp³-hybridized carbons (Fsp3) is 1.00. The van der Waals surface area contributed by atoms with Crippen molar-refractivity contribution in [1.82, 2.24) is 4.90 Å². The van der Waals surface area contributed by atoms with Crippen LogP contribution in [0.15, 0.2) is 0 Å². The van der Waals surface area contributed by atoms with Crippen molar-refractivity contribution in [3.05, 3.63) is 0 Å². The van der Waals surface area contributed by atoms with Crippen molar-refractivity contribution in [2.24, 2.45) is 11.7 Å². The Balaban J connectivity index is 2.40. The van der Waals surface area contributed by atoms with E-state index in [1.807, 2.05) is 0 Å². The van der Waals surface area contributed by atoms with Gasteiger partial charge in [-0.25, -0.2) is 0 Å². The van der Waals surface area contributed by atoms with E-state index in [1.165, 1.54) is 0 Å². The molecule has 0 bridgehead atoms. The summed E-state index contributed by atoms with van der Waals surface area (Å²) in [6, 6.07) is 0. The number of hydrogen-bond donors (Lipinski definition) is 1. The summed E-state index contributed by atoms with van der Waals surface area (Å²) in [4.78, 5) is 2.25. The van der Waals surface area contributed by atoms with Crippen molar-refractivity contribution in [2.45, 2.75) is 19.4 Å². The molecule has 0 spiro atoms. The zero-order valence-electron chi connectivity index (χ0n) is 6.52. The van der Waals surface area contributed by atoms with E-state index < -0.39 is 0 Å². The molecular formula is C7H16N2. The highest BCUT2D eigenvalue weighted by atomic mass is 15.2. The van der Waals surface area contributed by atoms with Gasteiger partial charge in [-0.05, 0) is 13.0 Å². The molecule has 0 aromatic carbocycles. The zero-order valence-corrected chi connectivity index (χ0v) is 6.52. The van der Waals surface area contributed by atoms with E-state index in [4.69, 9.17) is 5.73 Å². The van der Waals surface area contributed by atoms with Crippen molar-refractivity contribution in [3.8, 4) is 0 Å². The van der Waals surface area contributed by atoms with Crippen molar-refractivity contribution in [3.63, 3.8) is 0 Å². The van der Waals surface area contributed by atoms with Gasteiger partial charge in [-0.3, -0.25) is 0 Å². The van der Waals surface area contributed by atoms with Crippen LogP contribution in [-0.4, -0.2) is 30.6 Å². The molecule has 9 heavy (non-hydrogen) atoms. The van der Waals surface area contributed by atoms with Crippen LogP contribution in [0.3, 0.4) is 0 Å². The molecule has 0 amide bonds. The summed E-state index contributed by atoms with van der Waals surface area (Å²) in [6.07, 6.45) is 0. The molecule has 0 saturated carbocycles. The molecule has 1 aliphatic rings. The van der Waals surface area contributed by atoms with E-state index in [2.05, 4.69) is 25.8 Å². The maximum absolute atomic E-state index is 5.99. The summed E-state index contributed by atoms with van der Waals surface area (Å²) in [5.41, 5.74) is 6.11. The second-order valence-electron chi connectivity index (χ2n) is 3.56. The lowest BCUT2D eigenvalue weighted by molar-refractivity contribution is 0.0617. The highest BCUT2D eigenvalue weighted by Gasteiger charge is 2.39. The third-order valence-electron chi connectivity index (χ3n) is 2.28. The van der Waals surface area contributed by atoms with Gasteiger partial charge in [0, 0.05) is 18.6 Å². The Kier molecular flexibility index (Phi) is 1.53. The van der Waals surface area contributed by atoms with E-state index in [0.717, 1.165) is 13.1 Å². The van der Waals surface area contributed by atoms with Crippen LogP contribution in [0.4, 0.5) is 0 Å². The molecule has 1 saturated heterocycles. The van der Waals surface area contributed by atoms with Crippen LogP contribution in [0.25, 0.3) is 0 Å². The maximum atomic E-state index is 5.99. The van der Waals surface area contributed by atoms with Crippen molar-refractivity contribution in [1.29, 1.82) is 0 Å². The van der Waals surface area contributed by atoms with Crippen LogP contribution in [0.1, 0.15) is 13.8 Å². The van der Waals surface area contributed by atoms with Gasteiger partial charge >= 0.3 is 0 Å². The van der Waals surface area contributed by atoms with Crippen molar-refractivity contribution < 1.29 is 0 Å². The zero-order chi connectivity index (χ0) is 7.07. The van der Waals surface area contributed by atoms with Crippen LogP contribution >= 0.6 is 0 Å². The molecule has 0 atom stereocenters. The Hall–Kier alpha value is -0.0800. The molecule has 0 aromatic rings. The lowest BCUT2D eigenvalue weighted by atomic mass is 9.81. The summed E-state index contributed by atoms with van der Waals surface area (Å²) in [7, 11) is 2.10. The SMILES string of the molecule is CC(C)C1(N)CN(C)C1. The largest absolute Gasteiger partial charge is 0.323 e. The summed E-state index contributed by atoms with van der Waals surface area (Å²) in [6.45, 7) is 6.50. The van der Waals surface area contributed by atoms with Gasteiger partial charge in [-0.1, -0.05) is 13.8 Å². The van der Waals surface area contributed by atoms with Crippen LogP contribution < -0.4 is 5.73 Å². The minimum absolute atomic E-state index is 0.120. The average Bonchev–Trinajstić information content (AvgIpc) is 1.62. The van der Waals surface area contributed by atoms with Gasteiger partial charge < -0.3 is 10.6 Å². The minimum Gasteiger partial charge on any atom is -0.323 e. The van der Waals surface area contributed by atoms with E-state index in [-0.39, 0.29) is 5.54 Å². The first-order valence-electron chi connectivity index (χ1n) is 3.52. The van der Waals surface area contributed by atoms with Crippen molar-refractivity contribution in [2.75, 3.05) is 20.1 Å². The Morgan fingerprint density at radius 2 is 1.89 bits per heavy atom. The van der Waals surface area contributed by atoms with E-state index in [9.17, 15) is 0 Å². The molecule has 0 unspecified atom stereocenters. The predicted octanol–water partition coefficient (Wildman–Crippen LogP) is 0.285. The quantitative estimate of drug-likeness (QED) is 0.550. The average molecular weight is 128 g/mol. The van der Waals surface area contributed by atoms with Gasteiger partial charge in [0.15, 0.2) is 0 Å². The second kappa shape index (κ2) is 1.96. The Morgan fingerprint density at radius 1 is 1.44 bits per heavy atom. The lowest BCUT2D eigenvalue weighted by Crippen LogP contribution is -2.68. The molecule has 2 N–H and O–H groups in total. The summed E-state index contributed by atoms with van der Waals surface area (Å²) in [5.74, 6) is 0.619. The summed E-state index contributed by atoms with van der Waals surface area (Å²) >= 11 is 0. The molecule has 0 aromatic heterocycles. The number of likely N-dealkylation sites (N-methyl/N-ethyl adjacent to an activating group) is 1. The molecule has 0 aliphatic carbocycles.